The Balaban J connectivity index is 1.89. The summed E-state index contributed by atoms with van der Waals surface area (Å²) in [5, 5.41) is 0. The van der Waals surface area contributed by atoms with E-state index in [1.54, 1.807) is 17.0 Å². The van der Waals surface area contributed by atoms with Crippen molar-refractivity contribution in [2.45, 2.75) is 30.0 Å². The number of halogens is 1. The number of sulfonamides is 1. The first-order valence-corrected chi connectivity index (χ1v) is 9.01. The van der Waals surface area contributed by atoms with Crippen LogP contribution in [-0.4, -0.2) is 38.4 Å². The number of nitrogens with one attached hydrogen (secondary N) is 1. The number of amides is 1. The van der Waals surface area contributed by atoms with E-state index < -0.39 is 10.0 Å². The van der Waals surface area contributed by atoms with E-state index in [-0.39, 0.29) is 16.7 Å². The van der Waals surface area contributed by atoms with Gasteiger partial charge in [0, 0.05) is 26.1 Å². The van der Waals surface area contributed by atoms with Gasteiger partial charge in [-0.15, -0.1) is 11.3 Å². The van der Waals surface area contributed by atoms with Crippen LogP contribution in [0.25, 0.3) is 0 Å². The molecule has 5 nitrogen and oxygen atoms in total. The van der Waals surface area contributed by atoms with Crippen LogP contribution in [0.3, 0.4) is 0 Å². The molecule has 0 aromatic carbocycles. The molecule has 0 aliphatic heterocycles. The van der Waals surface area contributed by atoms with Gasteiger partial charge < -0.3 is 4.90 Å². The molecule has 1 aromatic rings. The minimum absolute atomic E-state index is 0.000524. The van der Waals surface area contributed by atoms with Crippen LogP contribution in [0.1, 0.15) is 19.8 Å². The van der Waals surface area contributed by atoms with Crippen molar-refractivity contribution in [2.75, 3.05) is 13.1 Å². The van der Waals surface area contributed by atoms with Crippen molar-refractivity contribution in [2.24, 2.45) is 0 Å². The molecule has 1 aliphatic carbocycles. The summed E-state index contributed by atoms with van der Waals surface area (Å²) in [6.45, 7) is 2.18. The standard InChI is InChI=1S/C11H15BrN2O3S2/c1-8(15)14(9-2-3-9)7-6-13-19(16,17)11-5-4-10(12)18-11/h4-5,9,13H,2-3,6-7H2,1H3. The van der Waals surface area contributed by atoms with Gasteiger partial charge in [-0.2, -0.15) is 0 Å². The molecule has 1 heterocycles. The van der Waals surface area contributed by atoms with Gasteiger partial charge in [0.25, 0.3) is 0 Å². The third kappa shape index (κ3) is 4.01. The van der Waals surface area contributed by atoms with Gasteiger partial charge in [-0.25, -0.2) is 13.1 Å². The highest BCUT2D eigenvalue weighted by Crippen LogP contribution is 2.27. The lowest BCUT2D eigenvalue weighted by molar-refractivity contribution is -0.129. The summed E-state index contributed by atoms with van der Waals surface area (Å²) in [7, 11) is -3.47. The van der Waals surface area contributed by atoms with Crippen LogP contribution in [-0.2, 0) is 14.8 Å². The fraction of sp³-hybridized carbons (Fsp3) is 0.545. The first-order valence-electron chi connectivity index (χ1n) is 5.92. The van der Waals surface area contributed by atoms with E-state index in [1.165, 1.54) is 6.92 Å². The largest absolute Gasteiger partial charge is 0.339 e. The maximum absolute atomic E-state index is 12.0. The minimum atomic E-state index is -3.47. The van der Waals surface area contributed by atoms with Crippen LogP contribution >= 0.6 is 27.3 Å². The smallest absolute Gasteiger partial charge is 0.250 e. The molecular weight excluding hydrogens is 352 g/mol. The first kappa shape index (κ1) is 15.0. The van der Waals surface area contributed by atoms with Crippen molar-refractivity contribution in [3.8, 4) is 0 Å². The zero-order valence-corrected chi connectivity index (χ0v) is 13.6. The summed E-state index contributed by atoms with van der Waals surface area (Å²) >= 11 is 4.40. The van der Waals surface area contributed by atoms with E-state index >= 15 is 0 Å². The van der Waals surface area contributed by atoms with Crippen LogP contribution in [0.5, 0.6) is 0 Å². The highest BCUT2D eigenvalue weighted by atomic mass is 79.9. The van der Waals surface area contributed by atoms with E-state index in [0.29, 0.717) is 12.6 Å². The number of nitrogens with zero attached hydrogens (tertiary/aromatic N) is 1. The predicted molar refractivity (Wildman–Crippen MR) is 77.6 cm³/mol. The number of hydrogen-bond donors (Lipinski definition) is 1. The average molecular weight is 367 g/mol. The van der Waals surface area contributed by atoms with Gasteiger partial charge in [-0.05, 0) is 40.9 Å². The maximum Gasteiger partial charge on any atom is 0.250 e. The molecule has 0 bridgehead atoms. The molecule has 8 heteroatoms. The lowest BCUT2D eigenvalue weighted by Gasteiger charge is -2.20. The second-order valence-corrected chi connectivity index (χ2v) is 8.86. The number of hydrogen-bond acceptors (Lipinski definition) is 4. The van der Waals surface area contributed by atoms with Crippen molar-refractivity contribution in [1.82, 2.24) is 9.62 Å². The molecule has 1 amide bonds. The quantitative estimate of drug-likeness (QED) is 0.834. The Hall–Kier alpha value is -0.440. The van der Waals surface area contributed by atoms with E-state index in [2.05, 4.69) is 20.7 Å². The Morgan fingerprint density at radius 1 is 1.53 bits per heavy atom. The fourth-order valence-electron chi connectivity index (χ4n) is 1.80. The normalized spacial score (nSPS) is 15.5. The highest BCUT2D eigenvalue weighted by Gasteiger charge is 2.30. The summed E-state index contributed by atoms with van der Waals surface area (Å²) in [6.07, 6.45) is 2.04. The van der Waals surface area contributed by atoms with E-state index in [4.69, 9.17) is 0 Å². The van der Waals surface area contributed by atoms with Gasteiger partial charge in [0.15, 0.2) is 0 Å². The molecular formula is C11H15BrN2O3S2. The van der Waals surface area contributed by atoms with E-state index in [9.17, 15) is 13.2 Å². The SMILES string of the molecule is CC(=O)N(CCNS(=O)(=O)c1ccc(Br)s1)C1CC1. The Bertz CT molecular complexity index is 566. The summed E-state index contributed by atoms with van der Waals surface area (Å²) < 4.78 is 27.5. The molecule has 0 unspecified atom stereocenters. The molecule has 106 valence electrons. The van der Waals surface area contributed by atoms with Gasteiger partial charge in [0.1, 0.15) is 4.21 Å². The summed E-state index contributed by atoms with van der Waals surface area (Å²) in [6, 6.07) is 3.56. The summed E-state index contributed by atoms with van der Waals surface area (Å²) in [5.74, 6) is 0.000524. The maximum atomic E-state index is 12.0. The van der Waals surface area contributed by atoms with Gasteiger partial charge in [-0.1, -0.05) is 0 Å². The van der Waals surface area contributed by atoms with Gasteiger partial charge in [-0.3, -0.25) is 4.79 Å². The molecule has 0 saturated heterocycles. The number of carbonyl (C=O) groups excluding carboxylic acids is 1. The molecule has 0 radical (unpaired) electrons. The van der Waals surface area contributed by atoms with Crippen LogP contribution in [0.2, 0.25) is 0 Å². The average Bonchev–Trinajstić information content (AvgIpc) is 3.05. The van der Waals surface area contributed by atoms with Crippen LogP contribution in [0.15, 0.2) is 20.1 Å². The molecule has 1 fully saturated rings. The molecule has 19 heavy (non-hydrogen) atoms. The van der Waals surface area contributed by atoms with Gasteiger partial charge in [0.2, 0.25) is 15.9 Å². The van der Waals surface area contributed by atoms with Crippen molar-refractivity contribution in [3.63, 3.8) is 0 Å². The minimum Gasteiger partial charge on any atom is -0.339 e. The van der Waals surface area contributed by atoms with Crippen LogP contribution < -0.4 is 4.72 Å². The lowest BCUT2D eigenvalue weighted by atomic mass is 10.4. The van der Waals surface area contributed by atoms with Gasteiger partial charge >= 0.3 is 0 Å². The number of thiophene rings is 1. The first-order chi connectivity index (χ1) is 8.90. The van der Waals surface area contributed by atoms with Crippen molar-refractivity contribution in [1.29, 1.82) is 0 Å². The van der Waals surface area contributed by atoms with Crippen molar-refractivity contribution in [3.05, 3.63) is 15.9 Å². The monoisotopic (exact) mass is 366 g/mol. The molecule has 2 rings (SSSR count). The molecule has 0 spiro atoms. The molecule has 0 atom stereocenters. The van der Waals surface area contributed by atoms with E-state index in [0.717, 1.165) is 28.0 Å². The molecule has 1 aliphatic rings. The zero-order valence-electron chi connectivity index (χ0n) is 10.4. The lowest BCUT2D eigenvalue weighted by Crippen LogP contribution is -2.38. The van der Waals surface area contributed by atoms with Gasteiger partial charge in [0.05, 0.1) is 3.79 Å². The third-order valence-corrected chi connectivity index (χ3v) is 6.43. The Labute approximate surface area is 125 Å². The topological polar surface area (TPSA) is 66.5 Å². The second kappa shape index (κ2) is 5.90. The van der Waals surface area contributed by atoms with Crippen LogP contribution in [0, 0.1) is 0 Å². The third-order valence-electron chi connectivity index (χ3n) is 2.85. The van der Waals surface area contributed by atoms with Crippen LogP contribution in [0.4, 0.5) is 0 Å². The Morgan fingerprint density at radius 2 is 2.21 bits per heavy atom. The summed E-state index contributed by atoms with van der Waals surface area (Å²) in [4.78, 5) is 13.1. The second-order valence-electron chi connectivity index (χ2n) is 4.40. The number of carbonyl (C=O) groups is 1. The fourth-order valence-corrected chi connectivity index (χ4v) is 4.87. The zero-order chi connectivity index (χ0) is 14.0. The molecule has 1 aromatic heterocycles. The molecule has 1 saturated carbocycles. The number of rotatable bonds is 6. The Morgan fingerprint density at radius 3 is 2.68 bits per heavy atom. The summed E-state index contributed by atoms with van der Waals surface area (Å²) in [5.41, 5.74) is 0. The van der Waals surface area contributed by atoms with Crippen molar-refractivity contribution < 1.29 is 13.2 Å². The van der Waals surface area contributed by atoms with Crippen molar-refractivity contribution >= 4 is 43.2 Å². The molecule has 1 N–H and O–H groups in total. The van der Waals surface area contributed by atoms with E-state index in [1.807, 2.05) is 0 Å². The Kier molecular flexibility index (Phi) is 4.65. The highest BCUT2D eigenvalue weighted by molar-refractivity contribution is 9.11. The predicted octanol–water partition coefficient (Wildman–Crippen LogP) is 1.80.